The molecular weight excluding hydrogens is 315 g/mol. The van der Waals surface area contributed by atoms with E-state index in [4.69, 9.17) is 34.8 Å². The minimum absolute atomic E-state index is 0.0869. The van der Waals surface area contributed by atoms with Gasteiger partial charge in [-0.25, -0.2) is 4.39 Å². The van der Waals surface area contributed by atoms with E-state index < -0.39 is 16.4 Å². The second kappa shape index (κ2) is 5.33. The molecule has 0 bridgehead atoms. The molecule has 0 heterocycles. The summed E-state index contributed by atoms with van der Waals surface area (Å²) in [7, 11) is 0. The zero-order chi connectivity index (χ0) is 14.2. The van der Waals surface area contributed by atoms with E-state index in [0.717, 1.165) is 12.1 Å². The lowest BCUT2D eigenvalue weighted by molar-refractivity contribution is -0.384. The molecule has 0 radical (unpaired) electrons. The van der Waals surface area contributed by atoms with E-state index in [1.165, 1.54) is 18.2 Å². The fourth-order valence-electron chi connectivity index (χ4n) is 1.64. The Morgan fingerprint density at radius 2 is 1.68 bits per heavy atom. The summed E-state index contributed by atoms with van der Waals surface area (Å²) in [6.45, 7) is 0. The van der Waals surface area contributed by atoms with E-state index in [2.05, 4.69) is 0 Å². The number of hydrogen-bond donors (Lipinski definition) is 0. The highest BCUT2D eigenvalue weighted by Gasteiger charge is 2.21. The summed E-state index contributed by atoms with van der Waals surface area (Å²) < 4.78 is 13.1. The molecule has 0 N–H and O–H groups in total. The van der Waals surface area contributed by atoms with Gasteiger partial charge in [0.25, 0.3) is 5.69 Å². The van der Waals surface area contributed by atoms with Crippen molar-refractivity contribution in [3.05, 3.63) is 61.3 Å². The molecule has 2 aromatic rings. The van der Waals surface area contributed by atoms with Crippen LogP contribution in [0.5, 0.6) is 0 Å². The number of nitro groups is 1. The number of hydrogen-bond acceptors (Lipinski definition) is 2. The monoisotopic (exact) mass is 319 g/mol. The predicted octanol–water partition coefficient (Wildman–Crippen LogP) is 5.36. The highest BCUT2D eigenvalue weighted by Crippen LogP contribution is 2.42. The standard InChI is InChI=1S/C12H5Cl3FNO2/c13-8-3-4-9(14)12(15)11(8)7-2-1-6(16)5-10(7)17(18)19/h1-5H. The zero-order valence-electron chi connectivity index (χ0n) is 9.16. The molecule has 0 spiro atoms. The van der Waals surface area contributed by atoms with Gasteiger partial charge in [-0.2, -0.15) is 0 Å². The summed E-state index contributed by atoms with van der Waals surface area (Å²) in [6.07, 6.45) is 0. The van der Waals surface area contributed by atoms with Crippen LogP contribution in [0, 0.1) is 15.9 Å². The average molecular weight is 321 g/mol. The lowest BCUT2D eigenvalue weighted by Gasteiger charge is -2.09. The Hall–Kier alpha value is -1.36. The SMILES string of the molecule is O=[N+]([O-])c1cc(F)ccc1-c1c(Cl)ccc(Cl)c1Cl. The molecule has 0 aliphatic rings. The van der Waals surface area contributed by atoms with Gasteiger partial charge in [0.1, 0.15) is 5.82 Å². The van der Waals surface area contributed by atoms with Crippen molar-refractivity contribution in [2.75, 3.05) is 0 Å². The second-order valence-corrected chi connectivity index (χ2v) is 4.83. The van der Waals surface area contributed by atoms with Gasteiger partial charge in [-0.15, -0.1) is 0 Å². The fourth-order valence-corrected chi connectivity index (χ4v) is 2.37. The minimum atomic E-state index is -0.718. The van der Waals surface area contributed by atoms with Crippen LogP contribution in [-0.4, -0.2) is 4.92 Å². The van der Waals surface area contributed by atoms with E-state index >= 15 is 0 Å². The van der Waals surface area contributed by atoms with Crippen LogP contribution >= 0.6 is 34.8 Å². The Bertz CT molecular complexity index is 676. The van der Waals surface area contributed by atoms with Crippen molar-refractivity contribution in [3.63, 3.8) is 0 Å². The predicted molar refractivity (Wildman–Crippen MR) is 73.5 cm³/mol. The maximum Gasteiger partial charge on any atom is 0.280 e. The number of halogens is 4. The van der Waals surface area contributed by atoms with Crippen molar-refractivity contribution in [1.29, 1.82) is 0 Å². The Kier molecular flexibility index (Phi) is 3.94. The van der Waals surface area contributed by atoms with Crippen molar-refractivity contribution in [2.24, 2.45) is 0 Å². The molecule has 0 unspecified atom stereocenters. The minimum Gasteiger partial charge on any atom is -0.258 e. The molecule has 2 rings (SSSR count). The summed E-state index contributed by atoms with van der Waals surface area (Å²) in [5, 5.41) is 11.5. The largest absolute Gasteiger partial charge is 0.280 e. The first-order valence-electron chi connectivity index (χ1n) is 4.99. The van der Waals surface area contributed by atoms with Gasteiger partial charge in [0, 0.05) is 5.56 Å². The smallest absolute Gasteiger partial charge is 0.258 e. The summed E-state index contributed by atoms with van der Waals surface area (Å²) in [5.74, 6) is -0.718. The Labute approximate surface area is 122 Å². The lowest BCUT2D eigenvalue weighted by Crippen LogP contribution is -1.94. The molecule has 3 nitrogen and oxygen atoms in total. The van der Waals surface area contributed by atoms with Crippen molar-refractivity contribution < 1.29 is 9.31 Å². The summed E-state index contributed by atoms with van der Waals surface area (Å²) in [4.78, 5) is 10.3. The molecule has 19 heavy (non-hydrogen) atoms. The van der Waals surface area contributed by atoms with Gasteiger partial charge < -0.3 is 0 Å². The third kappa shape index (κ3) is 2.66. The van der Waals surface area contributed by atoms with Crippen LogP contribution in [0.2, 0.25) is 15.1 Å². The van der Waals surface area contributed by atoms with E-state index in [9.17, 15) is 14.5 Å². The van der Waals surface area contributed by atoms with E-state index in [1.54, 1.807) is 0 Å². The molecule has 0 amide bonds. The number of benzene rings is 2. The van der Waals surface area contributed by atoms with Gasteiger partial charge in [-0.05, 0) is 24.3 Å². The Morgan fingerprint density at radius 3 is 2.32 bits per heavy atom. The number of nitrogens with zero attached hydrogens (tertiary/aromatic N) is 1. The summed E-state index contributed by atoms with van der Waals surface area (Å²) in [6, 6.07) is 6.10. The fraction of sp³-hybridized carbons (Fsp3) is 0. The van der Waals surface area contributed by atoms with Crippen molar-refractivity contribution in [1.82, 2.24) is 0 Å². The van der Waals surface area contributed by atoms with Crippen LogP contribution in [-0.2, 0) is 0 Å². The van der Waals surface area contributed by atoms with Crippen LogP contribution in [0.4, 0.5) is 10.1 Å². The zero-order valence-corrected chi connectivity index (χ0v) is 11.4. The molecule has 98 valence electrons. The number of nitro benzene ring substituents is 1. The Balaban J connectivity index is 2.79. The van der Waals surface area contributed by atoms with Crippen LogP contribution < -0.4 is 0 Å². The first-order chi connectivity index (χ1) is 8.91. The first-order valence-corrected chi connectivity index (χ1v) is 6.13. The third-order valence-corrected chi connectivity index (χ3v) is 3.59. The molecule has 0 saturated heterocycles. The summed E-state index contributed by atoms with van der Waals surface area (Å²) >= 11 is 17.9. The third-order valence-electron chi connectivity index (χ3n) is 2.47. The molecular formula is C12H5Cl3FNO2. The van der Waals surface area contributed by atoms with Crippen LogP contribution in [0.25, 0.3) is 11.1 Å². The maximum absolute atomic E-state index is 13.1. The molecule has 0 aliphatic carbocycles. The molecule has 0 atom stereocenters. The maximum atomic E-state index is 13.1. The molecule has 0 saturated carbocycles. The quantitative estimate of drug-likeness (QED) is 0.424. The normalized spacial score (nSPS) is 10.5. The van der Waals surface area contributed by atoms with Crippen LogP contribution in [0.3, 0.4) is 0 Å². The average Bonchev–Trinajstić information content (AvgIpc) is 2.36. The van der Waals surface area contributed by atoms with Gasteiger partial charge in [0.2, 0.25) is 0 Å². The first kappa shape index (κ1) is 14.1. The number of rotatable bonds is 2. The molecule has 0 fully saturated rings. The molecule has 7 heteroatoms. The summed E-state index contributed by atoms with van der Waals surface area (Å²) in [5.41, 5.74) is -0.0995. The van der Waals surface area contributed by atoms with E-state index in [-0.39, 0.29) is 26.2 Å². The van der Waals surface area contributed by atoms with E-state index in [0.29, 0.717) is 0 Å². The topological polar surface area (TPSA) is 43.1 Å². The van der Waals surface area contributed by atoms with Gasteiger partial charge in [-0.3, -0.25) is 10.1 Å². The highest BCUT2D eigenvalue weighted by atomic mass is 35.5. The van der Waals surface area contributed by atoms with Crippen molar-refractivity contribution in [3.8, 4) is 11.1 Å². The van der Waals surface area contributed by atoms with Gasteiger partial charge in [-0.1, -0.05) is 34.8 Å². The Morgan fingerprint density at radius 1 is 1.05 bits per heavy atom. The molecule has 0 aliphatic heterocycles. The van der Waals surface area contributed by atoms with Crippen molar-refractivity contribution in [2.45, 2.75) is 0 Å². The van der Waals surface area contributed by atoms with Gasteiger partial charge >= 0.3 is 0 Å². The van der Waals surface area contributed by atoms with E-state index in [1.807, 2.05) is 0 Å². The molecule has 2 aromatic carbocycles. The van der Waals surface area contributed by atoms with Crippen molar-refractivity contribution >= 4 is 40.5 Å². The second-order valence-electron chi connectivity index (χ2n) is 3.64. The highest BCUT2D eigenvalue weighted by molar-refractivity contribution is 6.46. The van der Waals surface area contributed by atoms with Crippen LogP contribution in [0.15, 0.2) is 30.3 Å². The van der Waals surface area contributed by atoms with Crippen LogP contribution in [0.1, 0.15) is 0 Å². The lowest BCUT2D eigenvalue weighted by atomic mass is 10.0. The van der Waals surface area contributed by atoms with Gasteiger partial charge in [0.15, 0.2) is 0 Å². The van der Waals surface area contributed by atoms with Gasteiger partial charge in [0.05, 0.1) is 31.6 Å². The molecule has 0 aromatic heterocycles.